The molecule has 0 bridgehead atoms. The number of anilines is 1. The lowest BCUT2D eigenvalue weighted by Crippen LogP contribution is -2.54. The Morgan fingerprint density at radius 2 is 1.48 bits per heavy atom. The van der Waals surface area contributed by atoms with Crippen molar-refractivity contribution in [1.82, 2.24) is 14.1 Å². The molecule has 2 aliphatic heterocycles. The second-order valence-corrected chi connectivity index (χ2v) is 10.9. The lowest BCUT2D eigenvalue weighted by molar-refractivity contribution is -0.136. The molecule has 33 heavy (non-hydrogen) atoms. The molecule has 0 radical (unpaired) electrons. The molecule has 2 aromatic carbocycles. The number of benzene rings is 2. The van der Waals surface area contributed by atoms with Crippen molar-refractivity contribution in [1.29, 1.82) is 0 Å². The summed E-state index contributed by atoms with van der Waals surface area (Å²) in [6.45, 7) is 9.11. The fraction of sp³-hybridized carbons (Fsp3) is 0.480. The van der Waals surface area contributed by atoms with Crippen LogP contribution in [0.15, 0.2) is 59.5 Å². The molecule has 0 spiro atoms. The van der Waals surface area contributed by atoms with E-state index in [-0.39, 0.29) is 11.9 Å². The summed E-state index contributed by atoms with van der Waals surface area (Å²) < 4.78 is 27.7. The minimum atomic E-state index is -3.52. The first-order valence-electron chi connectivity index (χ1n) is 11.8. The van der Waals surface area contributed by atoms with Crippen molar-refractivity contribution in [2.24, 2.45) is 0 Å². The van der Waals surface area contributed by atoms with Gasteiger partial charge in [0, 0.05) is 58.0 Å². The predicted molar refractivity (Wildman–Crippen MR) is 131 cm³/mol. The first-order valence-corrected chi connectivity index (χ1v) is 13.2. The number of hydrogen-bond acceptors (Lipinski definition) is 5. The second kappa shape index (κ2) is 10.2. The number of piperazine rings is 1. The minimum Gasteiger partial charge on any atom is -0.368 e. The Kier molecular flexibility index (Phi) is 7.36. The summed E-state index contributed by atoms with van der Waals surface area (Å²) in [5.74, 6) is 0.137. The number of amides is 1. The van der Waals surface area contributed by atoms with Crippen LogP contribution in [0.25, 0.3) is 0 Å². The van der Waals surface area contributed by atoms with E-state index in [1.54, 1.807) is 16.4 Å². The lowest BCUT2D eigenvalue weighted by Gasteiger charge is -2.39. The van der Waals surface area contributed by atoms with Crippen molar-refractivity contribution < 1.29 is 13.2 Å². The zero-order valence-corrected chi connectivity index (χ0v) is 20.4. The van der Waals surface area contributed by atoms with E-state index in [0.717, 1.165) is 25.2 Å². The summed E-state index contributed by atoms with van der Waals surface area (Å²) in [5.41, 5.74) is 2.23. The van der Waals surface area contributed by atoms with E-state index in [1.165, 1.54) is 5.69 Å². The average Bonchev–Trinajstić information content (AvgIpc) is 3.11. The van der Waals surface area contributed by atoms with Crippen LogP contribution in [0.3, 0.4) is 0 Å². The van der Waals surface area contributed by atoms with Gasteiger partial charge in [0.1, 0.15) is 0 Å². The first-order chi connectivity index (χ1) is 15.9. The van der Waals surface area contributed by atoms with Gasteiger partial charge in [-0.2, -0.15) is 4.31 Å². The first kappa shape index (κ1) is 23.7. The average molecular weight is 471 g/mol. The largest absolute Gasteiger partial charge is 0.368 e. The summed E-state index contributed by atoms with van der Waals surface area (Å²) in [6, 6.07) is 17.1. The van der Waals surface area contributed by atoms with E-state index in [2.05, 4.69) is 21.9 Å². The molecular formula is C25H34N4O3S. The molecule has 2 aliphatic rings. The SMILES string of the molecule is Cc1ccc(S(=O)(=O)N2CCCN([C@H](C)C(=O)N3CCN(c4ccccc4)CC3)CC2)cc1. The van der Waals surface area contributed by atoms with Gasteiger partial charge in [0.25, 0.3) is 0 Å². The summed E-state index contributed by atoms with van der Waals surface area (Å²) in [4.78, 5) is 20.0. The number of para-hydroxylation sites is 1. The van der Waals surface area contributed by atoms with E-state index in [0.29, 0.717) is 44.0 Å². The van der Waals surface area contributed by atoms with Gasteiger partial charge in [0.05, 0.1) is 10.9 Å². The van der Waals surface area contributed by atoms with Crippen molar-refractivity contribution in [3.05, 3.63) is 60.2 Å². The van der Waals surface area contributed by atoms with Gasteiger partial charge < -0.3 is 9.80 Å². The topological polar surface area (TPSA) is 64.2 Å². The minimum absolute atomic E-state index is 0.137. The molecule has 0 unspecified atom stereocenters. The van der Waals surface area contributed by atoms with Gasteiger partial charge in [-0.15, -0.1) is 0 Å². The number of rotatable bonds is 5. The second-order valence-electron chi connectivity index (χ2n) is 8.93. The zero-order valence-electron chi connectivity index (χ0n) is 19.6. The molecule has 8 heteroatoms. The van der Waals surface area contributed by atoms with E-state index < -0.39 is 10.0 Å². The van der Waals surface area contributed by atoms with Crippen molar-refractivity contribution in [2.45, 2.75) is 31.2 Å². The molecule has 7 nitrogen and oxygen atoms in total. The van der Waals surface area contributed by atoms with Crippen LogP contribution in [-0.2, 0) is 14.8 Å². The van der Waals surface area contributed by atoms with E-state index >= 15 is 0 Å². The molecule has 178 valence electrons. The summed E-state index contributed by atoms with van der Waals surface area (Å²) in [7, 11) is -3.52. The molecule has 4 rings (SSSR count). The number of carbonyl (C=O) groups excluding carboxylic acids is 1. The van der Waals surface area contributed by atoms with Crippen molar-refractivity contribution >= 4 is 21.6 Å². The fourth-order valence-corrected chi connectivity index (χ4v) is 6.11. The van der Waals surface area contributed by atoms with Gasteiger partial charge in [0.2, 0.25) is 15.9 Å². The molecule has 0 saturated carbocycles. The maximum Gasteiger partial charge on any atom is 0.243 e. The molecule has 1 amide bonds. The smallest absolute Gasteiger partial charge is 0.243 e. The normalized spacial score (nSPS) is 19.8. The number of nitrogens with zero attached hydrogens (tertiary/aromatic N) is 4. The molecular weight excluding hydrogens is 436 g/mol. The fourth-order valence-electron chi connectivity index (χ4n) is 4.64. The predicted octanol–water partition coefficient (Wildman–Crippen LogP) is 2.43. The highest BCUT2D eigenvalue weighted by Gasteiger charge is 2.32. The van der Waals surface area contributed by atoms with Gasteiger partial charge in [-0.25, -0.2) is 8.42 Å². The quantitative estimate of drug-likeness (QED) is 0.672. The third-order valence-corrected chi connectivity index (χ3v) is 8.68. The molecule has 0 N–H and O–H groups in total. The Balaban J connectivity index is 1.33. The maximum atomic E-state index is 13.2. The Morgan fingerprint density at radius 1 is 0.818 bits per heavy atom. The van der Waals surface area contributed by atoms with Gasteiger partial charge in [-0.3, -0.25) is 9.69 Å². The Bertz CT molecular complexity index is 1040. The Labute approximate surface area is 197 Å². The van der Waals surface area contributed by atoms with Gasteiger partial charge in [0.15, 0.2) is 0 Å². The maximum absolute atomic E-state index is 13.2. The van der Waals surface area contributed by atoms with Crippen LogP contribution in [-0.4, -0.2) is 86.8 Å². The highest BCUT2D eigenvalue weighted by atomic mass is 32.2. The standard InChI is InChI=1S/C25H34N4O3S/c1-21-9-11-24(12-10-21)33(31,32)29-14-6-13-26(19-20-29)22(2)25(30)28-17-15-27(16-18-28)23-7-4-3-5-8-23/h3-5,7-12,22H,6,13-20H2,1-2H3/t22-/m1/s1. The monoisotopic (exact) mass is 470 g/mol. The molecule has 2 fully saturated rings. The van der Waals surface area contributed by atoms with Crippen LogP contribution in [0.2, 0.25) is 0 Å². The van der Waals surface area contributed by atoms with Crippen LogP contribution >= 0.6 is 0 Å². The highest BCUT2D eigenvalue weighted by Crippen LogP contribution is 2.20. The van der Waals surface area contributed by atoms with Gasteiger partial charge >= 0.3 is 0 Å². The van der Waals surface area contributed by atoms with E-state index in [4.69, 9.17) is 0 Å². The molecule has 2 saturated heterocycles. The molecule has 0 aliphatic carbocycles. The van der Waals surface area contributed by atoms with E-state index in [9.17, 15) is 13.2 Å². The van der Waals surface area contributed by atoms with Crippen LogP contribution in [0, 0.1) is 6.92 Å². The van der Waals surface area contributed by atoms with Crippen LogP contribution in [0.5, 0.6) is 0 Å². The highest BCUT2D eigenvalue weighted by molar-refractivity contribution is 7.89. The lowest BCUT2D eigenvalue weighted by atomic mass is 10.2. The number of hydrogen-bond donors (Lipinski definition) is 0. The summed E-state index contributed by atoms with van der Waals surface area (Å²) in [5, 5.41) is 0. The summed E-state index contributed by atoms with van der Waals surface area (Å²) >= 11 is 0. The Morgan fingerprint density at radius 3 is 2.15 bits per heavy atom. The van der Waals surface area contributed by atoms with Crippen LogP contribution < -0.4 is 4.90 Å². The molecule has 2 heterocycles. The molecule has 0 aromatic heterocycles. The number of aryl methyl sites for hydroxylation is 1. The van der Waals surface area contributed by atoms with Crippen molar-refractivity contribution in [3.8, 4) is 0 Å². The van der Waals surface area contributed by atoms with Gasteiger partial charge in [-0.05, 0) is 44.5 Å². The third-order valence-electron chi connectivity index (χ3n) is 6.77. The molecule has 1 atom stereocenters. The van der Waals surface area contributed by atoms with Crippen LogP contribution in [0.4, 0.5) is 5.69 Å². The van der Waals surface area contributed by atoms with Crippen molar-refractivity contribution in [2.75, 3.05) is 57.3 Å². The Hall–Kier alpha value is -2.42. The third kappa shape index (κ3) is 5.39. The van der Waals surface area contributed by atoms with Crippen LogP contribution in [0.1, 0.15) is 18.9 Å². The van der Waals surface area contributed by atoms with Crippen molar-refractivity contribution in [3.63, 3.8) is 0 Å². The zero-order chi connectivity index (χ0) is 23.4. The molecule has 2 aromatic rings. The van der Waals surface area contributed by atoms with E-state index in [1.807, 2.05) is 49.1 Å². The van der Waals surface area contributed by atoms with Gasteiger partial charge in [-0.1, -0.05) is 35.9 Å². The number of carbonyl (C=O) groups is 1. The summed E-state index contributed by atoms with van der Waals surface area (Å²) in [6.07, 6.45) is 0.713. The number of sulfonamides is 1.